The van der Waals surface area contributed by atoms with Gasteiger partial charge in [0.25, 0.3) is 10.0 Å². The second-order valence-electron chi connectivity index (χ2n) is 10.2. The molecular weight excluding hydrogens is 599 g/mol. The van der Waals surface area contributed by atoms with E-state index in [0.29, 0.717) is 30.2 Å². The molecule has 0 aliphatic heterocycles. The normalized spacial score (nSPS) is 12.6. The molecule has 9 nitrogen and oxygen atoms in total. The molecule has 0 heterocycles. The molecule has 0 aliphatic rings. The van der Waals surface area contributed by atoms with Crippen LogP contribution in [0.25, 0.3) is 0 Å². The van der Waals surface area contributed by atoms with Crippen LogP contribution in [0, 0.1) is 0 Å². The molecule has 0 unspecified atom stereocenters. The average Bonchev–Trinajstić information content (AvgIpc) is 3.04. The molecule has 3 aromatic carbocycles. The number of nitrogens with zero attached hydrogens (tertiary/aromatic N) is 2. The van der Waals surface area contributed by atoms with Crippen molar-refractivity contribution in [3.05, 3.63) is 78.4 Å². The Kier molecular flexibility index (Phi) is 13.0. The Hall–Kier alpha value is -3.70. The van der Waals surface area contributed by atoms with Crippen molar-refractivity contribution in [1.82, 2.24) is 10.2 Å². The summed E-state index contributed by atoms with van der Waals surface area (Å²) >= 11 is 1.50. The summed E-state index contributed by atoms with van der Waals surface area (Å²) in [6, 6.07) is 19.5. The number of hydrogen-bond acceptors (Lipinski definition) is 7. The number of thioether (sulfide) groups is 1. The van der Waals surface area contributed by atoms with Crippen LogP contribution in [0.4, 0.5) is 5.69 Å². The van der Waals surface area contributed by atoms with E-state index in [2.05, 4.69) is 5.32 Å². The Labute approximate surface area is 266 Å². The first-order valence-corrected chi connectivity index (χ1v) is 17.4. The topological polar surface area (TPSA) is 105 Å². The van der Waals surface area contributed by atoms with Gasteiger partial charge in [-0.3, -0.25) is 13.9 Å². The number of methoxy groups -OCH3 is 1. The third-order valence-corrected chi connectivity index (χ3v) is 9.77. The second kappa shape index (κ2) is 16.4. The van der Waals surface area contributed by atoms with Crippen molar-refractivity contribution in [3.63, 3.8) is 0 Å². The van der Waals surface area contributed by atoms with E-state index in [4.69, 9.17) is 9.47 Å². The number of ether oxygens (including phenoxy) is 2. The molecule has 1 N–H and O–H groups in total. The maximum Gasteiger partial charge on any atom is 0.264 e. The van der Waals surface area contributed by atoms with Crippen LogP contribution in [0.2, 0.25) is 0 Å². The van der Waals surface area contributed by atoms with E-state index in [1.165, 1.54) is 28.8 Å². The predicted molar refractivity (Wildman–Crippen MR) is 176 cm³/mol. The highest BCUT2D eigenvalue weighted by Gasteiger charge is 2.34. The van der Waals surface area contributed by atoms with Gasteiger partial charge >= 0.3 is 0 Å². The quantitative estimate of drug-likeness (QED) is 0.199. The third-order valence-electron chi connectivity index (χ3n) is 7.24. The molecule has 3 rings (SSSR count). The van der Waals surface area contributed by atoms with Gasteiger partial charge in [-0.25, -0.2) is 8.42 Å². The van der Waals surface area contributed by atoms with Crippen molar-refractivity contribution < 1.29 is 27.5 Å². The summed E-state index contributed by atoms with van der Waals surface area (Å²) in [6.07, 6.45) is 2.97. The van der Waals surface area contributed by atoms with Gasteiger partial charge in [0.15, 0.2) is 0 Å². The number of rotatable bonds is 16. The minimum atomic E-state index is -4.18. The zero-order chi connectivity index (χ0) is 32.3. The molecule has 11 heteroatoms. The van der Waals surface area contributed by atoms with Gasteiger partial charge in [0.05, 0.1) is 24.3 Å². The number of benzene rings is 3. The molecule has 0 radical (unpaired) electrons. The van der Waals surface area contributed by atoms with Crippen molar-refractivity contribution in [2.75, 3.05) is 30.8 Å². The molecule has 2 atom stereocenters. The predicted octanol–water partition coefficient (Wildman–Crippen LogP) is 5.73. The lowest BCUT2D eigenvalue weighted by atomic mass is 10.1. The second-order valence-corrected chi connectivity index (χ2v) is 13.0. The number of anilines is 1. The lowest BCUT2D eigenvalue weighted by molar-refractivity contribution is -0.140. The highest BCUT2D eigenvalue weighted by Crippen LogP contribution is 2.28. The van der Waals surface area contributed by atoms with E-state index in [9.17, 15) is 18.0 Å². The highest BCUT2D eigenvalue weighted by molar-refractivity contribution is 7.98. The van der Waals surface area contributed by atoms with Gasteiger partial charge in [0, 0.05) is 17.5 Å². The summed E-state index contributed by atoms with van der Waals surface area (Å²) in [5.41, 5.74) is 1.05. The Bertz CT molecular complexity index is 1480. The first kappa shape index (κ1) is 34.8. The van der Waals surface area contributed by atoms with Crippen LogP contribution in [0.15, 0.2) is 82.6 Å². The van der Waals surface area contributed by atoms with Crippen LogP contribution in [-0.4, -0.2) is 63.7 Å². The Morgan fingerprint density at radius 1 is 0.932 bits per heavy atom. The van der Waals surface area contributed by atoms with Crippen molar-refractivity contribution in [2.24, 2.45) is 0 Å². The molecule has 0 saturated heterocycles. The molecule has 44 heavy (non-hydrogen) atoms. The zero-order valence-electron chi connectivity index (χ0n) is 26.3. The first-order valence-electron chi connectivity index (χ1n) is 14.7. The Morgan fingerprint density at radius 3 is 2.18 bits per heavy atom. The van der Waals surface area contributed by atoms with E-state index in [1.54, 1.807) is 55.6 Å². The highest BCUT2D eigenvalue weighted by atomic mass is 32.2. The smallest absolute Gasteiger partial charge is 0.264 e. The molecule has 0 fully saturated rings. The minimum absolute atomic E-state index is 0.0536. The number of hydrogen-bond donors (Lipinski definition) is 1. The van der Waals surface area contributed by atoms with Crippen LogP contribution in [-0.2, 0) is 26.2 Å². The largest absolute Gasteiger partial charge is 0.497 e. The van der Waals surface area contributed by atoms with Crippen molar-refractivity contribution >= 4 is 39.3 Å². The fourth-order valence-corrected chi connectivity index (χ4v) is 6.43. The van der Waals surface area contributed by atoms with Gasteiger partial charge in [-0.2, -0.15) is 0 Å². The molecular formula is C33H43N3O6S2. The Balaban J connectivity index is 2.08. The number of sulfonamides is 1. The van der Waals surface area contributed by atoms with Crippen LogP contribution in [0.5, 0.6) is 11.5 Å². The summed E-state index contributed by atoms with van der Waals surface area (Å²) in [6.45, 7) is 7.59. The summed E-state index contributed by atoms with van der Waals surface area (Å²) < 4.78 is 40.3. The molecule has 238 valence electrons. The molecule has 0 saturated carbocycles. The van der Waals surface area contributed by atoms with E-state index < -0.39 is 28.5 Å². The number of carbonyl (C=O) groups is 2. The Morgan fingerprint density at radius 2 is 1.61 bits per heavy atom. The number of nitrogens with one attached hydrogen (secondary N) is 1. The van der Waals surface area contributed by atoms with E-state index >= 15 is 0 Å². The zero-order valence-corrected chi connectivity index (χ0v) is 27.9. The average molecular weight is 642 g/mol. The maximum atomic E-state index is 14.3. The molecule has 0 bridgehead atoms. The lowest BCUT2D eigenvalue weighted by Gasteiger charge is -2.33. The van der Waals surface area contributed by atoms with Crippen LogP contribution >= 0.6 is 11.8 Å². The van der Waals surface area contributed by atoms with Gasteiger partial charge in [0.1, 0.15) is 24.1 Å². The van der Waals surface area contributed by atoms with Crippen LogP contribution < -0.4 is 19.1 Å². The van der Waals surface area contributed by atoms with E-state index in [-0.39, 0.29) is 23.4 Å². The van der Waals surface area contributed by atoms with Gasteiger partial charge in [-0.1, -0.05) is 26.0 Å². The van der Waals surface area contributed by atoms with Crippen molar-refractivity contribution in [2.45, 2.75) is 69.0 Å². The van der Waals surface area contributed by atoms with Gasteiger partial charge in [-0.15, -0.1) is 11.8 Å². The summed E-state index contributed by atoms with van der Waals surface area (Å²) in [5.74, 6) is 0.384. The van der Waals surface area contributed by atoms with Gasteiger partial charge in [-0.05, 0) is 99.2 Å². The first-order chi connectivity index (χ1) is 21.1. The standard InChI is InChI=1S/C33H43N3O6S2/c1-7-24(4)34-33(38)31(8-2)35(22-25-11-10-12-28(21-25)41-5)32(37)23-36(26-13-15-27(16-14-26)42-9-3)44(39,40)30-19-17-29(43-6)18-20-30/h10-21,24,31H,7-9,22-23H2,1-6H3,(H,34,38)/t24-,31+/m0/s1. The summed E-state index contributed by atoms with van der Waals surface area (Å²) in [7, 11) is -2.62. The summed E-state index contributed by atoms with van der Waals surface area (Å²) in [4.78, 5) is 30.2. The number of amides is 2. The minimum Gasteiger partial charge on any atom is -0.497 e. The lowest BCUT2D eigenvalue weighted by Crippen LogP contribution is -2.53. The fourth-order valence-electron chi connectivity index (χ4n) is 4.61. The van der Waals surface area contributed by atoms with Gasteiger partial charge in [0.2, 0.25) is 11.8 Å². The van der Waals surface area contributed by atoms with Crippen LogP contribution in [0.3, 0.4) is 0 Å². The van der Waals surface area contributed by atoms with E-state index in [1.807, 2.05) is 46.1 Å². The maximum absolute atomic E-state index is 14.3. The van der Waals surface area contributed by atoms with Gasteiger partial charge < -0.3 is 19.7 Å². The monoisotopic (exact) mass is 641 g/mol. The molecule has 0 aromatic heterocycles. The number of carbonyl (C=O) groups excluding carboxylic acids is 2. The van der Waals surface area contributed by atoms with E-state index in [0.717, 1.165) is 21.2 Å². The summed E-state index contributed by atoms with van der Waals surface area (Å²) in [5, 5.41) is 2.99. The van der Waals surface area contributed by atoms with Crippen LogP contribution in [0.1, 0.15) is 46.1 Å². The third kappa shape index (κ3) is 8.92. The van der Waals surface area contributed by atoms with Crippen molar-refractivity contribution in [3.8, 4) is 11.5 Å². The molecule has 2 amide bonds. The van der Waals surface area contributed by atoms with Crippen molar-refractivity contribution in [1.29, 1.82) is 0 Å². The molecule has 0 spiro atoms. The SMILES string of the molecule is CCOc1ccc(N(CC(=O)N(Cc2cccc(OC)c2)[C@H](CC)C(=O)N[C@@H](C)CC)S(=O)(=O)c2ccc(SC)cc2)cc1. The molecule has 0 aliphatic carbocycles. The fraction of sp³-hybridized carbons (Fsp3) is 0.394. The molecule has 3 aromatic rings.